The van der Waals surface area contributed by atoms with Gasteiger partial charge in [-0.25, -0.2) is 14.4 Å². The highest BCUT2D eigenvalue weighted by atomic mass is 19.1. The number of rotatable bonds is 11. The Morgan fingerprint density at radius 3 is 3.03 bits per heavy atom. The molecule has 1 unspecified atom stereocenters. The fourth-order valence-electron chi connectivity index (χ4n) is 3.70. The number of ether oxygens (including phenoxy) is 1. The summed E-state index contributed by atoms with van der Waals surface area (Å²) in [4.78, 5) is 20.0. The number of carboxylic acids is 1. The molecule has 170 valence electrons. The van der Waals surface area contributed by atoms with Crippen molar-refractivity contribution in [1.82, 2.24) is 15.3 Å². The van der Waals surface area contributed by atoms with Gasteiger partial charge in [-0.3, -0.25) is 4.79 Å². The number of pyridine rings is 2. The van der Waals surface area contributed by atoms with Gasteiger partial charge in [0.25, 0.3) is 0 Å². The Hall–Kier alpha value is -3.49. The summed E-state index contributed by atoms with van der Waals surface area (Å²) in [7, 11) is 1.32. The number of fused-ring (bicyclic) bond motifs is 1. The van der Waals surface area contributed by atoms with Crippen molar-refractivity contribution in [2.45, 2.75) is 44.6 Å². The summed E-state index contributed by atoms with van der Waals surface area (Å²) in [5, 5.41) is 23.3. The quantitative estimate of drug-likeness (QED) is 0.393. The number of hydrogen-bond acceptors (Lipinski definition) is 7. The molecule has 32 heavy (non-hydrogen) atoms. The van der Waals surface area contributed by atoms with Gasteiger partial charge in [-0.1, -0.05) is 6.07 Å². The minimum atomic E-state index is -1.03. The summed E-state index contributed by atoms with van der Waals surface area (Å²) >= 11 is 0. The third-order valence-electron chi connectivity index (χ3n) is 5.28. The lowest BCUT2D eigenvalue weighted by molar-refractivity contribution is -0.137. The molecule has 9 heteroatoms. The zero-order chi connectivity index (χ0) is 22.9. The number of aromatic nitrogens is 2. The fourth-order valence-corrected chi connectivity index (χ4v) is 3.70. The number of aryl methyl sites for hydroxylation is 2. The molecule has 0 saturated carbocycles. The van der Waals surface area contributed by atoms with Gasteiger partial charge >= 0.3 is 5.97 Å². The van der Waals surface area contributed by atoms with Crippen LogP contribution in [0.15, 0.2) is 36.2 Å². The predicted octanol–water partition coefficient (Wildman–Crippen LogP) is 3.64. The molecule has 1 atom stereocenters. The zero-order valence-corrected chi connectivity index (χ0v) is 18.0. The van der Waals surface area contributed by atoms with Crippen LogP contribution in [0.2, 0.25) is 0 Å². The van der Waals surface area contributed by atoms with Crippen LogP contribution in [0.5, 0.6) is 5.88 Å². The van der Waals surface area contributed by atoms with Crippen molar-refractivity contribution in [1.29, 1.82) is 5.41 Å². The maximum absolute atomic E-state index is 14.1. The second-order valence-corrected chi connectivity index (χ2v) is 7.61. The molecule has 0 fully saturated rings. The molecule has 0 aliphatic carbocycles. The fraction of sp³-hybridized carbons (Fsp3) is 0.391. The van der Waals surface area contributed by atoms with Gasteiger partial charge in [-0.15, -0.1) is 0 Å². The van der Waals surface area contributed by atoms with Crippen LogP contribution >= 0.6 is 0 Å². The Bertz CT molecular complexity index is 996. The Morgan fingerprint density at radius 2 is 2.31 bits per heavy atom. The van der Waals surface area contributed by atoms with Crippen molar-refractivity contribution < 1.29 is 19.0 Å². The van der Waals surface area contributed by atoms with Gasteiger partial charge in [0.2, 0.25) is 5.88 Å². The number of nitrogens with zero attached hydrogens (tertiary/aromatic N) is 2. The van der Waals surface area contributed by atoms with Crippen LogP contribution in [0.1, 0.15) is 48.5 Å². The van der Waals surface area contributed by atoms with E-state index in [1.165, 1.54) is 24.9 Å². The van der Waals surface area contributed by atoms with Gasteiger partial charge in [0.15, 0.2) is 5.82 Å². The highest BCUT2D eigenvalue weighted by molar-refractivity contribution is 5.69. The molecule has 0 saturated heterocycles. The molecule has 0 amide bonds. The minimum Gasteiger partial charge on any atom is -0.481 e. The lowest BCUT2D eigenvalue weighted by atomic mass is 10.0. The molecule has 1 aliphatic rings. The number of anilines is 1. The van der Waals surface area contributed by atoms with Crippen LogP contribution < -0.4 is 15.4 Å². The van der Waals surface area contributed by atoms with Gasteiger partial charge in [-0.05, 0) is 61.4 Å². The first-order valence-electron chi connectivity index (χ1n) is 10.6. The van der Waals surface area contributed by atoms with E-state index in [0.29, 0.717) is 17.7 Å². The standard InChI is InChI=1S/C23H28FN5O3/c1-32-23-19(24)12-16(14-27-23)20(13-21(30)31)28-18(9-10-25)6-2-5-17-8-7-15-4-3-11-26-22(15)29-17/h7-10,12,14,20,25,28H,2-6,11,13H2,1H3,(H,26,29)(H,30,31)/b18-9-,25-10?. The first-order valence-corrected chi connectivity index (χ1v) is 10.6. The normalized spacial score (nSPS) is 14.1. The monoisotopic (exact) mass is 441 g/mol. The lowest BCUT2D eigenvalue weighted by Gasteiger charge is -2.21. The van der Waals surface area contributed by atoms with Crippen molar-refractivity contribution >= 4 is 18.0 Å². The molecule has 2 aromatic rings. The van der Waals surface area contributed by atoms with Gasteiger partial charge in [0.1, 0.15) is 5.82 Å². The zero-order valence-electron chi connectivity index (χ0n) is 18.0. The first-order chi connectivity index (χ1) is 15.5. The van der Waals surface area contributed by atoms with Crippen LogP contribution in [-0.4, -0.2) is 40.9 Å². The molecule has 2 aromatic heterocycles. The minimum absolute atomic E-state index is 0.148. The second-order valence-electron chi connectivity index (χ2n) is 7.61. The number of nitrogens with one attached hydrogen (secondary N) is 3. The Kier molecular flexibility index (Phi) is 8.13. The number of carbonyl (C=O) groups is 1. The molecular weight excluding hydrogens is 413 g/mol. The van der Waals surface area contributed by atoms with Crippen molar-refractivity contribution in [3.8, 4) is 5.88 Å². The summed E-state index contributed by atoms with van der Waals surface area (Å²) in [6.07, 6.45) is 8.11. The van der Waals surface area contributed by atoms with Crippen molar-refractivity contribution in [3.63, 3.8) is 0 Å². The Balaban J connectivity index is 1.66. The van der Waals surface area contributed by atoms with E-state index in [1.54, 1.807) is 6.08 Å². The number of methoxy groups -OCH3 is 1. The molecule has 3 heterocycles. The largest absolute Gasteiger partial charge is 0.481 e. The number of carboxylic acid groups (broad SMARTS) is 1. The third kappa shape index (κ3) is 6.26. The topological polar surface area (TPSA) is 120 Å². The van der Waals surface area contributed by atoms with Gasteiger partial charge in [-0.2, -0.15) is 0 Å². The predicted molar refractivity (Wildman–Crippen MR) is 120 cm³/mol. The molecule has 0 bridgehead atoms. The first kappa shape index (κ1) is 23.2. The van der Waals surface area contributed by atoms with E-state index in [2.05, 4.69) is 21.7 Å². The summed E-state index contributed by atoms with van der Waals surface area (Å²) < 4.78 is 19.0. The third-order valence-corrected chi connectivity index (χ3v) is 5.28. The van der Waals surface area contributed by atoms with E-state index in [9.17, 15) is 14.3 Å². The van der Waals surface area contributed by atoms with Gasteiger partial charge in [0.05, 0.1) is 19.6 Å². The van der Waals surface area contributed by atoms with E-state index >= 15 is 0 Å². The van der Waals surface area contributed by atoms with Crippen LogP contribution in [-0.2, 0) is 17.6 Å². The SMILES string of the molecule is COc1ncc(C(CC(=O)O)N/C(=C\C=N)CCCc2ccc3c(n2)NCCC3)cc1F. The van der Waals surface area contributed by atoms with Crippen LogP contribution in [0.4, 0.5) is 10.2 Å². The summed E-state index contributed by atoms with van der Waals surface area (Å²) in [6, 6.07) is 4.68. The molecule has 4 N–H and O–H groups in total. The summed E-state index contributed by atoms with van der Waals surface area (Å²) in [5.41, 5.74) is 3.31. The molecule has 8 nitrogen and oxygen atoms in total. The number of aliphatic carboxylic acids is 1. The maximum atomic E-state index is 14.1. The molecule has 3 rings (SSSR count). The Morgan fingerprint density at radius 1 is 1.47 bits per heavy atom. The smallest absolute Gasteiger partial charge is 0.305 e. The maximum Gasteiger partial charge on any atom is 0.305 e. The Labute approximate surface area is 186 Å². The lowest BCUT2D eigenvalue weighted by Crippen LogP contribution is -2.24. The summed E-state index contributed by atoms with van der Waals surface area (Å²) in [5.74, 6) is -0.881. The van der Waals surface area contributed by atoms with E-state index in [0.717, 1.165) is 50.0 Å². The number of hydrogen-bond donors (Lipinski definition) is 4. The van der Waals surface area contributed by atoms with Crippen molar-refractivity contribution in [2.75, 3.05) is 19.0 Å². The van der Waals surface area contributed by atoms with Crippen molar-refractivity contribution in [2.24, 2.45) is 0 Å². The van der Waals surface area contributed by atoms with Crippen LogP contribution in [0.3, 0.4) is 0 Å². The highest BCUT2D eigenvalue weighted by Crippen LogP contribution is 2.24. The van der Waals surface area contributed by atoms with E-state index in [1.807, 2.05) is 6.07 Å². The van der Waals surface area contributed by atoms with Crippen molar-refractivity contribution in [3.05, 3.63) is 58.8 Å². The molecule has 0 spiro atoms. The number of halogens is 1. The average Bonchev–Trinajstić information content (AvgIpc) is 2.78. The molecule has 0 aromatic carbocycles. The van der Waals surface area contributed by atoms with Crippen LogP contribution in [0.25, 0.3) is 0 Å². The number of allylic oxidation sites excluding steroid dienone is 2. The van der Waals surface area contributed by atoms with E-state index in [-0.39, 0.29) is 12.3 Å². The average molecular weight is 442 g/mol. The molecule has 1 aliphatic heterocycles. The summed E-state index contributed by atoms with van der Waals surface area (Å²) in [6.45, 7) is 0.936. The van der Waals surface area contributed by atoms with E-state index < -0.39 is 17.8 Å². The second kappa shape index (κ2) is 11.2. The molecular formula is C23H28FN5O3. The molecule has 0 radical (unpaired) electrons. The highest BCUT2D eigenvalue weighted by Gasteiger charge is 2.19. The van der Waals surface area contributed by atoms with Gasteiger partial charge in [0, 0.05) is 30.3 Å². The van der Waals surface area contributed by atoms with Crippen LogP contribution in [0, 0.1) is 11.2 Å². The van der Waals surface area contributed by atoms with E-state index in [4.69, 9.17) is 15.1 Å². The van der Waals surface area contributed by atoms with Gasteiger partial charge < -0.3 is 25.9 Å².